The Morgan fingerprint density at radius 2 is 1.78 bits per heavy atom. The van der Waals surface area contributed by atoms with Crippen molar-refractivity contribution in [2.45, 2.75) is 19.4 Å². The van der Waals surface area contributed by atoms with Crippen LogP contribution in [-0.4, -0.2) is 40.4 Å². The lowest BCUT2D eigenvalue weighted by Gasteiger charge is -2.19. The number of hydrogen-bond donors (Lipinski definition) is 1. The van der Waals surface area contributed by atoms with E-state index in [9.17, 15) is 9.18 Å². The van der Waals surface area contributed by atoms with Crippen molar-refractivity contribution in [1.29, 1.82) is 0 Å². The standard InChI is InChI=1S/C24H22ClFN4O2/c25-18-5-9-20(10-6-18)30-23-17(13-16-3-7-19(26)8-4-16)14-32-15-21(23)22(27-30)24(31)28-29-11-1-2-12-29/h3-10,13H,1-2,11-12,14-15H2,(H,28,31)/b17-13+. The van der Waals surface area contributed by atoms with Crippen LogP contribution in [-0.2, 0) is 11.3 Å². The molecule has 5 rings (SSSR count). The fraction of sp³-hybridized carbons (Fsp3) is 0.250. The molecule has 0 aliphatic carbocycles. The first-order valence-electron chi connectivity index (χ1n) is 10.6. The topological polar surface area (TPSA) is 59.4 Å². The fourth-order valence-electron chi connectivity index (χ4n) is 4.10. The summed E-state index contributed by atoms with van der Waals surface area (Å²) in [4.78, 5) is 13.1. The average Bonchev–Trinajstić information content (AvgIpc) is 3.44. The molecule has 0 spiro atoms. The van der Waals surface area contributed by atoms with E-state index >= 15 is 0 Å². The highest BCUT2D eigenvalue weighted by Crippen LogP contribution is 2.32. The van der Waals surface area contributed by atoms with E-state index in [-0.39, 0.29) is 18.3 Å². The van der Waals surface area contributed by atoms with Crippen LogP contribution in [0.25, 0.3) is 17.3 Å². The molecule has 1 fully saturated rings. The van der Waals surface area contributed by atoms with Gasteiger partial charge in [-0.2, -0.15) is 5.10 Å². The predicted molar refractivity (Wildman–Crippen MR) is 121 cm³/mol. The monoisotopic (exact) mass is 452 g/mol. The summed E-state index contributed by atoms with van der Waals surface area (Å²) in [6, 6.07) is 13.6. The van der Waals surface area contributed by atoms with Gasteiger partial charge in [0.1, 0.15) is 5.82 Å². The Morgan fingerprint density at radius 1 is 1.06 bits per heavy atom. The van der Waals surface area contributed by atoms with Gasteiger partial charge in [0.15, 0.2) is 5.69 Å². The van der Waals surface area contributed by atoms with Gasteiger partial charge in [0, 0.05) is 29.2 Å². The summed E-state index contributed by atoms with van der Waals surface area (Å²) >= 11 is 6.08. The SMILES string of the molecule is O=C(NN1CCCC1)c1nn(-c2ccc(Cl)cc2)c2c1COC/C2=C\c1ccc(F)cc1. The smallest absolute Gasteiger partial charge is 0.286 e. The van der Waals surface area contributed by atoms with E-state index in [0.29, 0.717) is 17.3 Å². The number of ether oxygens (including phenoxy) is 1. The van der Waals surface area contributed by atoms with Crippen molar-refractivity contribution in [2.24, 2.45) is 0 Å². The molecule has 2 aliphatic heterocycles. The highest BCUT2D eigenvalue weighted by Gasteiger charge is 2.30. The number of nitrogens with zero attached hydrogens (tertiary/aromatic N) is 3. The van der Waals surface area contributed by atoms with E-state index in [0.717, 1.165) is 54.0 Å². The summed E-state index contributed by atoms with van der Waals surface area (Å²) in [6.45, 7) is 2.30. The molecule has 1 amide bonds. The van der Waals surface area contributed by atoms with Crippen molar-refractivity contribution < 1.29 is 13.9 Å². The molecule has 1 N–H and O–H groups in total. The third-order valence-electron chi connectivity index (χ3n) is 5.65. The maximum atomic E-state index is 13.4. The number of carbonyl (C=O) groups excluding carboxylic acids is 1. The molecule has 3 heterocycles. The number of rotatable bonds is 4. The van der Waals surface area contributed by atoms with Crippen LogP contribution in [0.15, 0.2) is 48.5 Å². The fourth-order valence-corrected chi connectivity index (χ4v) is 4.22. The molecule has 0 atom stereocenters. The zero-order valence-corrected chi connectivity index (χ0v) is 18.1. The van der Waals surface area contributed by atoms with Crippen LogP contribution in [0.4, 0.5) is 4.39 Å². The number of carbonyl (C=O) groups is 1. The summed E-state index contributed by atoms with van der Waals surface area (Å²) in [7, 11) is 0. The summed E-state index contributed by atoms with van der Waals surface area (Å²) in [5, 5.41) is 7.24. The second-order valence-corrected chi connectivity index (χ2v) is 8.35. The Labute approximate surface area is 190 Å². The quantitative estimate of drug-likeness (QED) is 0.634. The maximum absolute atomic E-state index is 13.4. The number of halogens is 2. The summed E-state index contributed by atoms with van der Waals surface area (Å²) in [5.41, 5.74) is 7.35. The average molecular weight is 453 g/mol. The highest BCUT2D eigenvalue weighted by molar-refractivity contribution is 6.30. The largest absolute Gasteiger partial charge is 0.372 e. The predicted octanol–water partition coefficient (Wildman–Crippen LogP) is 4.48. The van der Waals surface area contributed by atoms with E-state index in [1.54, 1.807) is 28.9 Å². The number of hydrogen-bond acceptors (Lipinski definition) is 4. The minimum Gasteiger partial charge on any atom is -0.372 e. The van der Waals surface area contributed by atoms with Crippen molar-refractivity contribution in [1.82, 2.24) is 20.2 Å². The Hall–Kier alpha value is -3.00. The van der Waals surface area contributed by atoms with E-state index in [1.807, 2.05) is 23.2 Å². The molecule has 3 aromatic rings. The number of aromatic nitrogens is 2. The van der Waals surface area contributed by atoms with Gasteiger partial charge in [-0.3, -0.25) is 10.2 Å². The van der Waals surface area contributed by atoms with Crippen LogP contribution in [0.5, 0.6) is 0 Å². The third-order valence-corrected chi connectivity index (χ3v) is 5.91. The van der Waals surface area contributed by atoms with Gasteiger partial charge in [0.2, 0.25) is 0 Å². The molecule has 0 saturated carbocycles. The molecular weight excluding hydrogens is 431 g/mol. The van der Waals surface area contributed by atoms with E-state index in [1.165, 1.54) is 12.1 Å². The zero-order chi connectivity index (χ0) is 22.1. The molecule has 1 saturated heterocycles. The molecular formula is C24H22ClFN4O2. The Kier molecular flexibility index (Phi) is 5.78. The number of hydrazine groups is 1. The van der Waals surface area contributed by atoms with Gasteiger partial charge in [0.25, 0.3) is 5.91 Å². The van der Waals surface area contributed by atoms with Crippen LogP contribution in [0, 0.1) is 5.82 Å². The van der Waals surface area contributed by atoms with Crippen molar-refractivity contribution in [3.05, 3.63) is 81.9 Å². The minimum atomic E-state index is -0.292. The van der Waals surface area contributed by atoms with Crippen LogP contribution in [0.3, 0.4) is 0 Å². The normalized spacial score (nSPS) is 17.5. The van der Waals surface area contributed by atoms with Crippen molar-refractivity contribution in [2.75, 3.05) is 19.7 Å². The zero-order valence-electron chi connectivity index (χ0n) is 17.4. The Bertz CT molecular complexity index is 1170. The van der Waals surface area contributed by atoms with Crippen molar-refractivity contribution in [3.8, 4) is 5.69 Å². The number of nitrogens with one attached hydrogen (secondary N) is 1. The summed E-state index contributed by atoms with van der Waals surface area (Å²) in [5.74, 6) is -0.540. The molecule has 32 heavy (non-hydrogen) atoms. The molecule has 164 valence electrons. The van der Waals surface area contributed by atoms with Gasteiger partial charge in [0.05, 0.1) is 24.6 Å². The van der Waals surface area contributed by atoms with Gasteiger partial charge in [-0.05, 0) is 60.9 Å². The molecule has 0 unspecified atom stereocenters. The second kappa shape index (κ2) is 8.86. The van der Waals surface area contributed by atoms with Crippen LogP contribution >= 0.6 is 11.6 Å². The first kappa shape index (κ1) is 20.9. The number of fused-ring (bicyclic) bond motifs is 1. The lowest BCUT2D eigenvalue weighted by atomic mass is 10.0. The van der Waals surface area contributed by atoms with Crippen LogP contribution in [0.1, 0.15) is 40.2 Å². The first-order chi connectivity index (χ1) is 15.6. The van der Waals surface area contributed by atoms with E-state index < -0.39 is 0 Å². The molecule has 8 heteroatoms. The molecule has 2 aliphatic rings. The molecule has 0 bridgehead atoms. The molecule has 0 radical (unpaired) electrons. The first-order valence-corrected chi connectivity index (χ1v) is 10.9. The third kappa shape index (κ3) is 4.19. The summed E-state index contributed by atoms with van der Waals surface area (Å²) in [6.07, 6.45) is 4.06. The highest BCUT2D eigenvalue weighted by atomic mass is 35.5. The lowest BCUT2D eigenvalue weighted by Crippen LogP contribution is -2.40. The van der Waals surface area contributed by atoms with E-state index in [2.05, 4.69) is 5.43 Å². The summed E-state index contributed by atoms with van der Waals surface area (Å²) < 4.78 is 21.0. The molecule has 1 aromatic heterocycles. The lowest BCUT2D eigenvalue weighted by molar-refractivity contribution is 0.0813. The second-order valence-electron chi connectivity index (χ2n) is 7.91. The Balaban J connectivity index is 1.60. The van der Waals surface area contributed by atoms with Crippen LogP contribution < -0.4 is 5.43 Å². The number of benzene rings is 2. The van der Waals surface area contributed by atoms with Crippen molar-refractivity contribution >= 4 is 29.2 Å². The Morgan fingerprint density at radius 3 is 2.50 bits per heavy atom. The minimum absolute atomic E-state index is 0.248. The van der Waals surface area contributed by atoms with Crippen LogP contribution in [0.2, 0.25) is 5.02 Å². The maximum Gasteiger partial charge on any atom is 0.286 e. The number of amides is 1. The van der Waals surface area contributed by atoms with Gasteiger partial charge >= 0.3 is 0 Å². The van der Waals surface area contributed by atoms with Gasteiger partial charge in [-0.1, -0.05) is 23.7 Å². The molecule has 2 aromatic carbocycles. The molecule has 6 nitrogen and oxygen atoms in total. The van der Waals surface area contributed by atoms with Gasteiger partial charge < -0.3 is 4.74 Å². The van der Waals surface area contributed by atoms with Crippen molar-refractivity contribution in [3.63, 3.8) is 0 Å². The van der Waals surface area contributed by atoms with Gasteiger partial charge in [-0.25, -0.2) is 14.1 Å². The van der Waals surface area contributed by atoms with E-state index in [4.69, 9.17) is 21.4 Å². The van der Waals surface area contributed by atoms with Gasteiger partial charge in [-0.15, -0.1) is 0 Å².